The molecular formula is C22H26O4. The lowest BCUT2D eigenvalue weighted by atomic mass is 10.0. The Hall–Kier alpha value is -2.17. The van der Waals surface area contributed by atoms with E-state index in [1.807, 2.05) is 81.4 Å². The fourth-order valence-corrected chi connectivity index (χ4v) is 3.39. The molecule has 0 N–H and O–H groups in total. The minimum absolute atomic E-state index is 0.0178. The first-order valence-corrected chi connectivity index (χ1v) is 9.13. The highest BCUT2D eigenvalue weighted by atomic mass is 16.7. The maximum atomic E-state index is 12.6. The third-order valence-corrected chi connectivity index (χ3v) is 4.72. The van der Waals surface area contributed by atoms with Gasteiger partial charge in [0.25, 0.3) is 0 Å². The van der Waals surface area contributed by atoms with Crippen molar-refractivity contribution in [3.63, 3.8) is 0 Å². The summed E-state index contributed by atoms with van der Waals surface area (Å²) in [5.74, 6) is -1.70. The molecule has 0 bridgehead atoms. The van der Waals surface area contributed by atoms with Crippen molar-refractivity contribution in [2.45, 2.75) is 51.1 Å². The van der Waals surface area contributed by atoms with Crippen LogP contribution in [0.15, 0.2) is 60.7 Å². The van der Waals surface area contributed by atoms with Gasteiger partial charge < -0.3 is 14.2 Å². The lowest BCUT2D eigenvalue weighted by molar-refractivity contribution is -0.334. The summed E-state index contributed by atoms with van der Waals surface area (Å²) < 4.78 is 18.0. The highest BCUT2D eigenvalue weighted by Crippen LogP contribution is 2.36. The Balaban J connectivity index is 1.77. The number of benzene rings is 2. The highest BCUT2D eigenvalue weighted by Gasteiger charge is 2.43. The molecule has 0 saturated carbocycles. The van der Waals surface area contributed by atoms with E-state index in [0.717, 1.165) is 17.5 Å². The fourth-order valence-electron chi connectivity index (χ4n) is 3.39. The van der Waals surface area contributed by atoms with Gasteiger partial charge in [0.2, 0.25) is 5.79 Å². The van der Waals surface area contributed by atoms with Gasteiger partial charge in [0, 0.05) is 5.56 Å². The Morgan fingerprint density at radius 3 is 2.15 bits per heavy atom. The summed E-state index contributed by atoms with van der Waals surface area (Å²) in [4.78, 5) is 12.6. The van der Waals surface area contributed by atoms with E-state index in [9.17, 15) is 4.79 Å². The molecule has 26 heavy (non-hydrogen) atoms. The predicted molar refractivity (Wildman–Crippen MR) is 99.6 cm³/mol. The molecule has 1 heterocycles. The van der Waals surface area contributed by atoms with Crippen LogP contribution in [0.3, 0.4) is 0 Å². The molecule has 4 nitrogen and oxygen atoms in total. The SMILES string of the molecule is C[C@@H]1C[C@@H](C)OC(COC(=O)[C@@H](C)c2ccccc2)(c2ccccc2)O1. The van der Waals surface area contributed by atoms with Crippen molar-refractivity contribution in [2.75, 3.05) is 6.61 Å². The van der Waals surface area contributed by atoms with Crippen molar-refractivity contribution in [2.24, 2.45) is 0 Å². The number of carbonyl (C=O) groups excluding carboxylic acids is 1. The van der Waals surface area contributed by atoms with Crippen molar-refractivity contribution >= 4 is 5.97 Å². The molecule has 0 amide bonds. The Bertz CT molecular complexity index is 703. The second-order valence-electron chi connectivity index (χ2n) is 6.95. The van der Waals surface area contributed by atoms with Crippen molar-refractivity contribution in [1.82, 2.24) is 0 Å². The van der Waals surface area contributed by atoms with Crippen molar-refractivity contribution in [3.05, 3.63) is 71.8 Å². The smallest absolute Gasteiger partial charge is 0.313 e. The van der Waals surface area contributed by atoms with Crippen LogP contribution in [-0.2, 0) is 24.8 Å². The van der Waals surface area contributed by atoms with Crippen molar-refractivity contribution in [1.29, 1.82) is 0 Å². The molecule has 2 aromatic carbocycles. The average molecular weight is 354 g/mol. The molecule has 0 unspecified atom stereocenters. The minimum atomic E-state index is -1.07. The zero-order valence-electron chi connectivity index (χ0n) is 15.6. The topological polar surface area (TPSA) is 44.8 Å². The van der Waals surface area contributed by atoms with Crippen LogP contribution in [0.4, 0.5) is 0 Å². The van der Waals surface area contributed by atoms with Gasteiger partial charge in [0.1, 0.15) is 6.61 Å². The first-order chi connectivity index (χ1) is 12.5. The molecule has 0 radical (unpaired) electrons. The molecule has 1 saturated heterocycles. The molecule has 2 aromatic rings. The summed E-state index contributed by atoms with van der Waals surface area (Å²) in [6, 6.07) is 19.3. The number of carbonyl (C=O) groups is 1. The Kier molecular flexibility index (Phi) is 5.74. The highest BCUT2D eigenvalue weighted by molar-refractivity contribution is 5.77. The summed E-state index contributed by atoms with van der Waals surface area (Å²) in [6.45, 7) is 5.92. The zero-order chi connectivity index (χ0) is 18.6. The van der Waals surface area contributed by atoms with Gasteiger partial charge in [0.05, 0.1) is 18.1 Å². The third-order valence-electron chi connectivity index (χ3n) is 4.72. The molecule has 1 aliphatic heterocycles. The molecule has 0 aliphatic carbocycles. The second-order valence-corrected chi connectivity index (χ2v) is 6.95. The van der Waals surface area contributed by atoms with E-state index in [1.54, 1.807) is 0 Å². The maximum Gasteiger partial charge on any atom is 0.313 e. The third kappa shape index (κ3) is 4.14. The lowest BCUT2D eigenvalue weighted by Gasteiger charge is -2.42. The minimum Gasteiger partial charge on any atom is -0.459 e. The number of hydrogen-bond acceptors (Lipinski definition) is 4. The predicted octanol–water partition coefficient (Wildman–Crippen LogP) is 4.40. The summed E-state index contributed by atoms with van der Waals surface area (Å²) in [5.41, 5.74) is 1.79. The first-order valence-electron chi connectivity index (χ1n) is 9.13. The first kappa shape index (κ1) is 18.6. The number of ether oxygens (including phenoxy) is 3. The average Bonchev–Trinajstić information content (AvgIpc) is 2.66. The van der Waals surface area contributed by atoms with E-state index >= 15 is 0 Å². The van der Waals surface area contributed by atoms with Crippen LogP contribution in [0.5, 0.6) is 0 Å². The maximum absolute atomic E-state index is 12.6. The second kappa shape index (κ2) is 8.02. The van der Waals surface area contributed by atoms with Gasteiger partial charge in [-0.3, -0.25) is 4.79 Å². The summed E-state index contributed by atoms with van der Waals surface area (Å²) in [5, 5.41) is 0. The summed E-state index contributed by atoms with van der Waals surface area (Å²) in [7, 11) is 0. The number of hydrogen-bond donors (Lipinski definition) is 0. The van der Waals surface area contributed by atoms with E-state index in [1.165, 1.54) is 0 Å². The molecule has 0 spiro atoms. The molecule has 4 heteroatoms. The van der Waals surface area contributed by atoms with Crippen molar-refractivity contribution in [3.8, 4) is 0 Å². The summed E-state index contributed by atoms with van der Waals surface area (Å²) >= 11 is 0. The lowest BCUT2D eigenvalue weighted by Crippen LogP contribution is -2.48. The van der Waals surface area contributed by atoms with E-state index in [2.05, 4.69) is 0 Å². The van der Waals surface area contributed by atoms with E-state index in [0.29, 0.717) is 0 Å². The normalized spacial score (nSPS) is 26.9. The zero-order valence-corrected chi connectivity index (χ0v) is 15.6. The quantitative estimate of drug-likeness (QED) is 0.747. The largest absolute Gasteiger partial charge is 0.459 e. The van der Waals surface area contributed by atoms with Crippen LogP contribution in [-0.4, -0.2) is 24.8 Å². The van der Waals surface area contributed by atoms with E-state index in [4.69, 9.17) is 14.2 Å². The van der Waals surface area contributed by atoms with E-state index in [-0.39, 0.29) is 30.7 Å². The van der Waals surface area contributed by atoms with Gasteiger partial charge in [0.15, 0.2) is 0 Å². The van der Waals surface area contributed by atoms with Gasteiger partial charge in [-0.1, -0.05) is 60.7 Å². The van der Waals surface area contributed by atoms with E-state index < -0.39 is 5.79 Å². The van der Waals surface area contributed by atoms with Crippen molar-refractivity contribution < 1.29 is 19.0 Å². The van der Waals surface area contributed by atoms with Crippen LogP contribution in [0.25, 0.3) is 0 Å². The molecule has 1 fully saturated rings. The molecule has 0 aromatic heterocycles. The molecular weight excluding hydrogens is 328 g/mol. The Labute approximate surface area is 155 Å². The van der Waals surface area contributed by atoms with Crippen LogP contribution >= 0.6 is 0 Å². The number of esters is 1. The Morgan fingerprint density at radius 1 is 1.04 bits per heavy atom. The van der Waals surface area contributed by atoms with Gasteiger partial charge in [-0.15, -0.1) is 0 Å². The van der Waals surface area contributed by atoms with Crippen LogP contribution in [0.1, 0.15) is 44.2 Å². The van der Waals surface area contributed by atoms with Gasteiger partial charge in [-0.2, -0.15) is 0 Å². The summed E-state index contributed by atoms with van der Waals surface area (Å²) in [6.07, 6.45) is 0.844. The molecule has 3 rings (SSSR count). The van der Waals surface area contributed by atoms with Gasteiger partial charge >= 0.3 is 5.97 Å². The van der Waals surface area contributed by atoms with Crippen LogP contribution in [0.2, 0.25) is 0 Å². The molecule has 138 valence electrons. The fraction of sp³-hybridized carbons (Fsp3) is 0.409. The molecule has 1 aliphatic rings. The monoisotopic (exact) mass is 354 g/mol. The number of rotatable bonds is 5. The van der Waals surface area contributed by atoms with Crippen LogP contribution < -0.4 is 0 Å². The van der Waals surface area contributed by atoms with Gasteiger partial charge in [-0.25, -0.2) is 0 Å². The van der Waals surface area contributed by atoms with Gasteiger partial charge in [-0.05, 0) is 32.8 Å². The van der Waals surface area contributed by atoms with Crippen LogP contribution in [0, 0.1) is 0 Å². The Morgan fingerprint density at radius 2 is 1.58 bits per heavy atom. The standard InChI is InChI=1S/C22H26O4/c1-16-14-17(2)26-22(25-16,20-12-8-5-9-13-20)15-24-21(23)18(3)19-10-6-4-7-11-19/h4-13,16-18H,14-15H2,1-3H3/t16-,17-,18+/m1/s1. The molecule has 3 atom stereocenters.